The van der Waals surface area contributed by atoms with Crippen LogP contribution >= 0.6 is 0 Å². The lowest BCUT2D eigenvalue weighted by Crippen LogP contribution is -2.37. The van der Waals surface area contributed by atoms with E-state index in [1.807, 2.05) is 43.3 Å². The first-order chi connectivity index (χ1) is 14.5. The van der Waals surface area contributed by atoms with Crippen LogP contribution in [-0.4, -0.2) is 49.5 Å². The average Bonchev–Trinajstić information content (AvgIpc) is 2.77. The number of hydrogen-bond acceptors (Lipinski definition) is 5. The van der Waals surface area contributed by atoms with Gasteiger partial charge in [0.2, 0.25) is 10.0 Å². The minimum absolute atomic E-state index is 0.293. The number of pyridine rings is 2. The van der Waals surface area contributed by atoms with Gasteiger partial charge in [0.1, 0.15) is 0 Å². The fourth-order valence-corrected chi connectivity index (χ4v) is 4.13. The Labute approximate surface area is 179 Å². The van der Waals surface area contributed by atoms with Gasteiger partial charge >= 0.3 is 0 Å². The van der Waals surface area contributed by atoms with E-state index in [0.29, 0.717) is 18.0 Å². The van der Waals surface area contributed by atoms with Crippen molar-refractivity contribution in [1.82, 2.24) is 19.6 Å². The van der Waals surface area contributed by atoms with Crippen molar-refractivity contribution >= 4 is 10.0 Å². The summed E-state index contributed by atoms with van der Waals surface area (Å²) in [7, 11) is -3.51. The highest BCUT2D eigenvalue weighted by Crippen LogP contribution is 2.09. The van der Waals surface area contributed by atoms with Gasteiger partial charge < -0.3 is 4.90 Å². The lowest BCUT2D eigenvalue weighted by atomic mass is 10.2. The molecule has 1 N–H and O–H groups in total. The lowest BCUT2D eigenvalue weighted by Gasteiger charge is -2.22. The molecule has 0 bridgehead atoms. The van der Waals surface area contributed by atoms with E-state index >= 15 is 0 Å². The molecule has 0 aliphatic carbocycles. The first kappa shape index (κ1) is 22.1. The molecule has 2 heterocycles. The second-order valence-electron chi connectivity index (χ2n) is 7.19. The predicted molar refractivity (Wildman–Crippen MR) is 119 cm³/mol. The Balaban J connectivity index is 1.57. The average molecular weight is 425 g/mol. The van der Waals surface area contributed by atoms with Crippen molar-refractivity contribution in [3.63, 3.8) is 0 Å². The van der Waals surface area contributed by atoms with E-state index in [9.17, 15) is 8.42 Å². The molecule has 3 rings (SSSR count). The van der Waals surface area contributed by atoms with Gasteiger partial charge in [0, 0.05) is 62.8 Å². The number of aryl methyl sites for hydroxylation is 1. The maximum Gasteiger partial charge on any atom is 0.240 e. The van der Waals surface area contributed by atoms with Crippen molar-refractivity contribution in [1.29, 1.82) is 0 Å². The summed E-state index contributed by atoms with van der Waals surface area (Å²) in [5, 5.41) is 0. The molecule has 2 aromatic heterocycles. The molecule has 0 amide bonds. The molecule has 0 fully saturated rings. The second-order valence-corrected chi connectivity index (χ2v) is 8.96. The van der Waals surface area contributed by atoms with E-state index in [4.69, 9.17) is 0 Å². The Hall–Kier alpha value is -2.61. The standard InChI is InChI=1S/C23H28N4O2S/c1-20-8-10-23(11-9-20)30(28,29)26-16-19-27(17-12-21-6-2-4-14-24-21)18-13-22-7-3-5-15-25-22/h2-11,14-15,26H,12-13,16-19H2,1H3. The molecular weight excluding hydrogens is 396 g/mol. The Morgan fingerprint density at radius 2 is 1.37 bits per heavy atom. The summed E-state index contributed by atoms with van der Waals surface area (Å²) < 4.78 is 27.8. The topological polar surface area (TPSA) is 75.2 Å². The third-order valence-corrected chi connectivity index (χ3v) is 6.35. The first-order valence-corrected chi connectivity index (χ1v) is 11.6. The molecular formula is C23H28N4O2S. The Morgan fingerprint density at radius 3 is 1.87 bits per heavy atom. The molecule has 0 saturated carbocycles. The van der Waals surface area contributed by atoms with Crippen LogP contribution in [0.2, 0.25) is 0 Å². The monoisotopic (exact) mass is 424 g/mol. The van der Waals surface area contributed by atoms with Crippen LogP contribution in [0.5, 0.6) is 0 Å². The zero-order valence-electron chi connectivity index (χ0n) is 17.2. The molecule has 30 heavy (non-hydrogen) atoms. The van der Waals surface area contributed by atoms with Gasteiger partial charge in [-0.05, 0) is 43.3 Å². The van der Waals surface area contributed by atoms with Gasteiger partial charge in [-0.3, -0.25) is 9.97 Å². The van der Waals surface area contributed by atoms with E-state index in [0.717, 1.165) is 42.9 Å². The molecule has 1 aromatic carbocycles. The number of rotatable bonds is 11. The van der Waals surface area contributed by atoms with Crippen molar-refractivity contribution in [3.05, 3.63) is 90.0 Å². The van der Waals surface area contributed by atoms with Gasteiger partial charge in [0.05, 0.1) is 4.90 Å². The molecule has 158 valence electrons. The lowest BCUT2D eigenvalue weighted by molar-refractivity contribution is 0.283. The van der Waals surface area contributed by atoms with E-state index in [1.165, 1.54) is 0 Å². The predicted octanol–water partition coefficient (Wildman–Crippen LogP) is 2.85. The summed E-state index contributed by atoms with van der Waals surface area (Å²) in [5.74, 6) is 0. The third kappa shape index (κ3) is 7.02. The fraction of sp³-hybridized carbons (Fsp3) is 0.304. The summed E-state index contributed by atoms with van der Waals surface area (Å²) in [5.41, 5.74) is 3.09. The van der Waals surface area contributed by atoms with E-state index < -0.39 is 10.0 Å². The van der Waals surface area contributed by atoms with Crippen LogP contribution in [0, 0.1) is 6.92 Å². The van der Waals surface area contributed by atoms with Crippen molar-refractivity contribution in [2.24, 2.45) is 0 Å². The summed E-state index contributed by atoms with van der Waals surface area (Å²) in [6, 6.07) is 18.7. The van der Waals surface area contributed by atoms with Crippen LogP contribution in [0.4, 0.5) is 0 Å². The van der Waals surface area contributed by atoms with Crippen LogP contribution in [0.1, 0.15) is 17.0 Å². The van der Waals surface area contributed by atoms with Crippen LogP contribution in [0.3, 0.4) is 0 Å². The fourth-order valence-electron chi connectivity index (χ4n) is 3.11. The van der Waals surface area contributed by atoms with E-state index in [2.05, 4.69) is 19.6 Å². The van der Waals surface area contributed by atoms with Gasteiger partial charge in [0.15, 0.2) is 0 Å². The zero-order chi connectivity index (χ0) is 21.2. The molecule has 0 aliphatic rings. The highest BCUT2D eigenvalue weighted by atomic mass is 32.2. The van der Waals surface area contributed by atoms with E-state index in [1.54, 1.807) is 36.7 Å². The maximum atomic E-state index is 12.5. The number of hydrogen-bond donors (Lipinski definition) is 1. The number of aromatic nitrogens is 2. The third-order valence-electron chi connectivity index (χ3n) is 4.87. The van der Waals surface area contributed by atoms with Gasteiger partial charge in [-0.2, -0.15) is 0 Å². The minimum atomic E-state index is -3.51. The second kappa shape index (κ2) is 11.0. The largest absolute Gasteiger partial charge is 0.301 e. The molecule has 3 aromatic rings. The molecule has 0 radical (unpaired) electrons. The SMILES string of the molecule is Cc1ccc(S(=O)(=O)NCCN(CCc2ccccn2)CCc2ccccn2)cc1. The minimum Gasteiger partial charge on any atom is -0.301 e. The smallest absolute Gasteiger partial charge is 0.240 e. The van der Waals surface area contributed by atoms with Crippen molar-refractivity contribution in [2.45, 2.75) is 24.7 Å². The van der Waals surface area contributed by atoms with E-state index in [-0.39, 0.29) is 0 Å². The molecule has 0 saturated heterocycles. The Kier molecular flexibility index (Phi) is 8.07. The molecule has 7 heteroatoms. The highest BCUT2D eigenvalue weighted by molar-refractivity contribution is 7.89. The number of benzene rings is 1. The Morgan fingerprint density at radius 1 is 0.800 bits per heavy atom. The van der Waals surface area contributed by atoms with Crippen LogP contribution in [0.15, 0.2) is 78.0 Å². The number of sulfonamides is 1. The molecule has 0 spiro atoms. The van der Waals surface area contributed by atoms with Crippen LogP contribution in [-0.2, 0) is 22.9 Å². The molecule has 6 nitrogen and oxygen atoms in total. The maximum absolute atomic E-state index is 12.5. The van der Waals surface area contributed by atoms with Crippen LogP contribution in [0.25, 0.3) is 0 Å². The van der Waals surface area contributed by atoms with Crippen molar-refractivity contribution in [2.75, 3.05) is 26.2 Å². The number of nitrogens with zero attached hydrogens (tertiary/aromatic N) is 3. The van der Waals surface area contributed by atoms with Gasteiger partial charge in [-0.1, -0.05) is 29.8 Å². The van der Waals surface area contributed by atoms with Crippen molar-refractivity contribution < 1.29 is 8.42 Å². The quantitative estimate of drug-likeness (QED) is 0.512. The summed E-state index contributed by atoms with van der Waals surface area (Å²) in [4.78, 5) is 11.3. The molecule has 0 atom stereocenters. The number of nitrogens with one attached hydrogen (secondary N) is 1. The summed E-state index contributed by atoms with van der Waals surface area (Å²) >= 11 is 0. The van der Waals surface area contributed by atoms with Crippen LogP contribution < -0.4 is 4.72 Å². The normalized spacial score (nSPS) is 11.7. The molecule has 0 unspecified atom stereocenters. The summed E-state index contributed by atoms with van der Waals surface area (Å²) in [6.07, 6.45) is 5.22. The molecule has 0 aliphatic heterocycles. The zero-order valence-corrected chi connectivity index (χ0v) is 18.1. The van der Waals surface area contributed by atoms with Gasteiger partial charge in [-0.25, -0.2) is 13.1 Å². The highest BCUT2D eigenvalue weighted by Gasteiger charge is 2.14. The van der Waals surface area contributed by atoms with Gasteiger partial charge in [-0.15, -0.1) is 0 Å². The first-order valence-electron chi connectivity index (χ1n) is 10.1. The Bertz CT molecular complexity index is 951. The van der Waals surface area contributed by atoms with Crippen molar-refractivity contribution in [3.8, 4) is 0 Å². The van der Waals surface area contributed by atoms with Gasteiger partial charge in [0.25, 0.3) is 0 Å². The summed E-state index contributed by atoms with van der Waals surface area (Å²) in [6.45, 7) is 4.50.